The fourth-order valence-electron chi connectivity index (χ4n) is 2.08. The van der Waals surface area contributed by atoms with Crippen LogP contribution < -0.4 is 9.64 Å². The van der Waals surface area contributed by atoms with Crippen LogP contribution in [0.2, 0.25) is 0 Å². The molecule has 1 aliphatic heterocycles. The summed E-state index contributed by atoms with van der Waals surface area (Å²) in [6.45, 7) is 4.33. The average molecular weight is 295 g/mol. The molecule has 0 spiro atoms. The van der Waals surface area contributed by atoms with Gasteiger partial charge >= 0.3 is 0 Å². The van der Waals surface area contributed by atoms with E-state index in [1.54, 1.807) is 7.11 Å². The van der Waals surface area contributed by atoms with E-state index in [9.17, 15) is 0 Å². The molecular weight excluding hydrogens is 274 g/mol. The lowest BCUT2D eigenvalue weighted by Crippen LogP contribution is -2.24. The fourth-order valence-corrected chi connectivity index (χ4v) is 3.72. The van der Waals surface area contributed by atoms with Crippen molar-refractivity contribution in [3.63, 3.8) is 0 Å². The van der Waals surface area contributed by atoms with Crippen molar-refractivity contribution in [1.82, 2.24) is 0 Å². The lowest BCUT2D eigenvalue weighted by molar-refractivity contribution is 0.414. The van der Waals surface area contributed by atoms with Gasteiger partial charge in [0, 0.05) is 28.3 Å². The first-order chi connectivity index (χ1) is 9.28. The quantitative estimate of drug-likeness (QED) is 0.786. The van der Waals surface area contributed by atoms with Crippen LogP contribution in [0.1, 0.15) is 19.8 Å². The second-order valence-electron chi connectivity index (χ2n) is 4.46. The molecule has 0 amide bonds. The van der Waals surface area contributed by atoms with E-state index in [1.165, 1.54) is 27.7 Å². The molecule has 1 aromatic rings. The molecule has 0 aliphatic carbocycles. The third kappa shape index (κ3) is 3.63. The molecule has 0 fully saturated rings. The Balaban J connectivity index is 2.32. The van der Waals surface area contributed by atoms with Gasteiger partial charge in [-0.05, 0) is 30.9 Å². The van der Waals surface area contributed by atoms with Gasteiger partial charge in [0.05, 0.1) is 12.8 Å². The van der Waals surface area contributed by atoms with Crippen LogP contribution in [-0.2, 0) is 0 Å². The Morgan fingerprint density at radius 1 is 1.42 bits per heavy atom. The van der Waals surface area contributed by atoms with Gasteiger partial charge in [0.1, 0.15) is 5.75 Å². The summed E-state index contributed by atoms with van der Waals surface area (Å²) in [4.78, 5) is 3.78. The number of nitrogens with zero attached hydrogens (tertiary/aromatic N) is 1. The average Bonchev–Trinajstić information content (AvgIpc) is 2.63. The Morgan fingerprint density at radius 2 is 2.26 bits per heavy atom. The van der Waals surface area contributed by atoms with Gasteiger partial charge in [0.15, 0.2) is 0 Å². The minimum atomic E-state index is 0.938. The molecule has 2 rings (SSSR count). The summed E-state index contributed by atoms with van der Waals surface area (Å²) >= 11 is 3.69. The fraction of sp³-hybridized carbons (Fsp3) is 0.467. The van der Waals surface area contributed by atoms with Crippen molar-refractivity contribution < 1.29 is 4.74 Å². The van der Waals surface area contributed by atoms with E-state index in [0.29, 0.717) is 0 Å². The standard InChI is InChI=1S/C15H21NOS2/c1-4-5-9-16-10-8-15(18-3)19-14-7-6-12(17-2)11-13(14)16/h6-8,11H,4-5,9-10H2,1-3H3. The number of rotatable bonds is 5. The minimum absolute atomic E-state index is 0.938. The Hall–Kier alpha value is -0.740. The lowest BCUT2D eigenvalue weighted by atomic mass is 10.2. The number of methoxy groups -OCH3 is 1. The maximum Gasteiger partial charge on any atom is 0.121 e. The van der Waals surface area contributed by atoms with Gasteiger partial charge in [-0.1, -0.05) is 25.1 Å². The van der Waals surface area contributed by atoms with Crippen molar-refractivity contribution in [3.05, 3.63) is 28.5 Å². The summed E-state index contributed by atoms with van der Waals surface area (Å²) in [5.41, 5.74) is 1.30. The monoisotopic (exact) mass is 295 g/mol. The molecule has 2 nitrogen and oxygen atoms in total. The van der Waals surface area contributed by atoms with E-state index >= 15 is 0 Å². The number of benzene rings is 1. The number of fused-ring (bicyclic) bond motifs is 1. The van der Waals surface area contributed by atoms with Gasteiger partial charge in [0.25, 0.3) is 0 Å². The Bertz CT molecular complexity index is 459. The summed E-state index contributed by atoms with van der Waals surface area (Å²) < 4.78 is 6.75. The molecule has 1 heterocycles. The first kappa shape index (κ1) is 14.7. The number of thioether (sulfide) groups is 2. The molecule has 0 N–H and O–H groups in total. The molecule has 4 heteroatoms. The van der Waals surface area contributed by atoms with E-state index in [0.717, 1.165) is 18.8 Å². The predicted octanol–water partition coefficient (Wildman–Crippen LogP) is 4.61. The molecular formula is C15H21NOS2. The van der Waals surface area contributed by atoms with Crippen LogP contribution in [0.5, 0.6) is 5.75 Å². The van der Waals surface area contributed by atoms with Crippen molar-refractivity contribution in [1.29, 1.82) is 0 Å². The van der Waals surface area contributed by atoms with Crippen LogP contribution >= 0.6 is 23.5 Å². The van der Waals surface area contributed by atoms with E-state index < -0.39 is 0 Å². The maximum absolute atomic E-state index is 5.37. The van der Waals surface area contributed by atoms with Crippen molar-refractivity contribution >= 4 is 29.2 Å². The highest BCUT2D eigenvalue weighted by atomic mass is 32.2. The van der Waals surface area contributed by atoms with E-state index in [-0.39, 0.29) is 0 Å². The number of hydrogen-bond acceptors (Lipinski definition) is 4. The minimum Gasteiger partial charge on any atom is -0.497 e. The molecule has 0 bridgehead atoms. The molecule has 0 atom stereocenters. The van der Waals surface area contributed by atoms with Gasteiger partial charge in [-0.15, -0.1) is 11.8 Å². The normalized spacial score (nSPS) is 14.7. The number of hydrogen-bond donors (Lipinski definition) is 0. The van der Waals surface area contributed by atoms with Crippen LogP contribution in [0, 0.1) is 0 Å². The van der Waals surface area contributed by atoms with Crippen LogP contribution in [0.25, 0.3) is 0 Å². The second kappa shape index (κ2) is 7.15. The highest BCUT2D eigenvalue weighted by Gasteiger charge is 2.17. The number of unbranched alkanes of at least 4 members (excludes halogenated alkanes) is 1. The first-order valence-electron chi connectivity index (χ1n) is 6.63. The third-order valence-corrected chi connectivity index (χ3v) is 5.43. The molecule has 0 radical (unpaired) electrons. The SMILES string of the molecule is CCCCN1CC=C(SC)Sc2ccc(OC)cc21. The van der Waals surface area contributed by atoms with Crippen molar-refractivity contribution in [2.45, 2.75) is 24.7 Å². The topological polar surface area (TPSA) is 12.5 Å². The highest BCUT2D eigenvalue weighted by molar-refractivity contribution is 8.22. The van der Waals surface area contributed by atoms with Crippen LogP contribution in [0.4, 0.5) is 5.69 Å². The molecule has 0 saturated carbocycles. The number of ether oxygens (including phenoxy) is 1. The van der Waals surface area contributed by atoms with Gasteiger partial charge in [-0.3, -0.25) is 0 Å². The van der Waals surface area contributed by atoms with Crippen LogP contribution in [0.15, 0.2) is 33.4 Å². The largest absolute Gasteiger partial charge is 0.497 e. The smallest absolute Gasteiger partial charge is 0.121 e. The Kier molecular flexibility index (Phi) is 5.52. The zero-order valence-corrected chi connectivity index (χ0v) is 13.4. The summed E-state index contributed by atoms with van der Waals surface area (Å²) in [6, 6.07) is 6.38. The predicted molar refractivity (Wildman–Crippen MR) is 87.6 cm³/mol. The zero-order valence-electron chi connectivity index (χ0n) is 11.8. The molecule has 0 unspecified atom stereocenters. The van der Waals surface area contributed by atoms with Gasteiger partial charge in [-0.2, -0.15) is 0 Å². The first-order valence-corrected chi connectivity index (χ1v) is 8.67. The van der Waals surface area contributed by atoms with Gasteiger partial charge < -0.3 is 9.64 Å². The molecule has 104 valence electrons. The van der Waals surface area contributed by atoms with E-state index in [4.69, 9.17) is 4.74 Å². The molecule has 0 saturated heterocycles. The van der Waals surface area contributed by atoms with Crippen LogP contribution in [0.3, 0.4) is 0 Å². The Labute approximate surface area is 124 Å². The summed E-state index contributed by atoms with van der Waals surface area (Å²) in [7, 11) is 1.73. The number of anilines is 1. The van der Waals surface area contributed by atoms with Crippen molar-refractivity contribution in [2.24, 2.45) is 0 Å². The third-order valence-electron chi connectivity index (χ3n) is 3.18. The zero-order chi connectivity index (χ0) is 13.7. The molecule has 1 aromatic carbocycles. The summed E-state index contributed by atoms with van der Waals surface area (Å²) in [5.74, 6) is 0.938. The van der Waals surface area contributed by atoms with Crippen LogP contribution in [-0.4, -0.2) is 26.5 Å². The summed E-state index contributed by atoms with van der Waals surface area (Å²) in [5, 5.41) is 0. The van der Waals surface area contributed by atoms with Gasteiger partial charge in [-0.25, -0.2) is 0 Å². The Morgan fingerprint density at radius 3 is 2.95 bits per heavy atom. The second-order valence-corrected chi connectivity index (χ2v) is 6.65. The maximum atomic E-state index is 5.37. The van der Waals surface area contributed by atoms with E-state index in [1.807, 2.05) is 29.6 Å². The van der Waals surface area contributed by atoms with Crippen molar-refractivity contribution in [3.8, 4) is 5.75 Å². The highest BCUT2D eigenvalue weighted by Crippen LogP contribution is 2.42. The van der Waals surface area contributed by atoms with E-state index in [2.05, 4.69) is 36.3 Å². The molecule has 0 aromatic heterocycles. The molecule has 19 heavy (non-hydrogen) atoms. The molecule has 1 aliphatic rings. The van der Waals surface area contributed by atoms with Crippen molar-refractivity contribution in [2.75, 3.05) is 31.4 Å². The lowest BCUT2D eigenvalue weighted by Gasteiger charge is -2.24. The van der Waals surface area contributed by atoms with Gasteiger partial charge in [0.2, 0.25) is 0 Å². The summed E-state index contributed by atoms with van der Waals surface area (Å²) in [6.07, 6.45) is 6.92.